The summed E-state index contributed by atoms with van der Waals surface area (Å²) < 4.78 is 5.15. The smallest absolute Gasteiger partial charge is 0.337 e. The maximum absolute atomic E-state index is 12.3. The van der Waals surface area contributed by atoms with Gasteiger partial charge in [-0.2, -0.15) is 0 Å². The molecule has 3 N–H and O–H groups in total. The number of hydrogen-bond acceptors (Lipinski definition) is 4. The quantitative estimate of drug-likeness (QED) is 0.649. The van der Waals surface area contributed by atoms with Gasteiger partial charge < -0.3 is 20.7 Å². The van der Waals surface area contributed by atoms with Crippen LogP contribution < -0.4 is 16.0 Å². The van der Waals surface area contributed by atoms with Gasteiger partial charge >= 0.3 is 12.0 Å². The molecule has 25 heavy (non-hydrogen) atoms. The Morgan fingerprint density at radius 3 is 2.72 bits per heavy atom. The molecule has 1 aliphatic rings. The van der Waals surface area contributed by atoms with Crippen molar-refractivity contribution in [2.24, 2.45) is 0 Å². The van der Waals surface area contributed by atoms with Crippen LogP contribution in [0.5, 0.6) is 0 Å². The minimum absolute atomic E-state index is 0.0449. The molecular weight excluding hydrogens is 342 g/mol. The zero-order chi connectivity index (χ0) is 18.4. The fourth-order valence-electron chi connectivity index (χ4n) is 2.79. The summed E-state index contributed by atoms with van der Waals surface area (Å²) in [4.78, 5) is 24.2. The summed E-state index contributed by atoms with van der Waals surface area (Å²) in [5.41, 5.74) is 1.95. The van der Waals surface area contributed by atoms with Gasteiger partial charge in [-0.3, -0.25) is 0 Å². The summed E-state index contributed by atoms with van der Waals surface area (Å²) >= 11 is 6.22. The fourth-order valence-corrected chi connectivity index (χ4v) is 3.09. The third kappa shape index (κ3) is 4.74. The van der Waals surface area contributed by atoms with Crippen LogP contribution in [0.2, 0.25) is 5.02 Å². The zero-order valence-electron chi connectivity index (χ0n) is 14.7. The highest BCUT2D eigenvalue weighted by atomic mass is 35.5. The Hall–Kier alpha value is -2.05. The first-order chi connectivity index (χ1) is 12.0. The molecule has 7 heteroatoms. The van der Waals surface area contributed by atoms with E-state index in [0.717, 1.165) is 5.56 Å². The molecule has 136 valence electrons. The lowest BCUT2D eigenvalue weighted by atomic mass is 10.00. The second-order valence-corrected chi connectivity index (χ2v) is 6.20. The fraction of sp³-hybridized carbons (Fsp3) is 0.444. The molecular formula is C18H24ClN3O3. The maximum atomic E-state index is 12.3. The lowest BCUT2D eigenvalue weighted by molar-refractivity contribution is -0.139. The van der Waals surface area contributed by atoms with Crippen LogP contribution in [0.15, 0.2) is 35.5 Å². The van der Waals surface area contributed by atoms with Crippen molar-refractivity contribution in [1.82, 2.24) is 16.0 Å². The average molecular weight is 366 g/mol. The Morgan fingerprint density at radius 1 is 1.36 bits per heavy atom. The molecule has 0 aliphatic carbocycles. The zero-order valence-corrected chi connectivity index (χ0v) is 15.4. The molecule has 0 bridgehead atoms. The summed E-state index contributed by atoms with van der Waals surface area (Å²) in [6.45, 7) is 6.25. The number of hydrogen-bond donors (Lipinski definition) is 3. The average Bonchev–Trinajstić information content (AvgIpc) is 2.59. The van der Waals surface area contributed by atoms with Crippen LogP contribution in [-0.2, 0) is 9.53 Å². The van der Waals surface area contributed by atoms with Gasteiger partial charge in [0.15, 0.2) is 0 Å². The molecule has 0 aromatic heterocycles. The highest BCUT2D eigenvalue weighted by Gasteiger charge is 2.31. The SMILES string of the molecule is CCOC(=O)C1=C(CN[C@H](C)c2ccccc2Cl)NC(=O)N[C@H]1CC. The number of carbonyl (C=O) groups is 2. The Bertz CT molecular complexity index is 675. The van der Waals surface area contributed by atoms with Gasteiger partial charge in [-0.25, -0.2) is 9.59 Å². The molecule has 1 heterocycles. The minimum Gasteiger partial charge on any atom is -0.463 e. The van der Waals surface area contributed by atoms with Crippen LogP contribution in [0, 0.1) is 0 Å². The molecule has 6 nitrogen and oxygen atoms in total. The Balaban J connectivity index is 2.21. The molecule has 0 radical (unpaired) electrons. The topological polar surface area (TPSA) is 79.5 Å². The Morgan fingerprint density at radius 2 is 2.08 bits per heavy atom. The van der Waals surface area contributed by atoms with Crippen LogP contribution >= 0.6 is 11.6 Å². The molecule has 1 aromatic rings. The van der Waals surface area contributed by atoms with Gasteiger partial charge in [-0.1, -0.05) is 36.7 Å². The summed E-state index contributed by atoms with van der Waals surface area (Å²) in [5, 5.41) is 9.46. The van der Waals surface area contributed by atoms with Crippen molar-refractivity contribution < 1.29 is 14.3 Å². The van der Waals surface area contributed by atoms with E-state index in [1.807, 2.05) is 38.1 Å². The monoisotopic (exact) mass is 365 g/mol. The Kier molecular flexibility index (Phi) is 6.84. The first-order valence-electron chi connectivity index (χ1n) is 8.43. The molecule has 0 fully saturated rings. The third-order valence-corrected chi connectivity index (χ3v) is 4.45. The van der Waals surface area contributed by atoms with E-state index in [4.69, 9.17) is 16.3 Å². The normalized spacial score (nSPS) is 18.4. The van der Waals surface area contributed by atoms with Crippen LogP contribution in [0.3, 0.4) is 0 Å². The van der Waals surface area contributed by atoms with Crippen LogP contribution in [0.4, 0.5) is 4.79 Å². The second kappa shape index (κ2) is 8.87. The van der Waals surface area contributed by atoms with E-state index in [-0.39, 0.29) is 24.7 Å². The van der Waals surface area contributed by atoms with Crippen LogP contribution in [-0.4, -0.2) is 31.2 Å². The van der Waals surface area contributed by atoms with Crippen molar-refractivity contribution in [1.29, 1.82) is 0 Å². The van der Waals surface area contributed by atoms with Crippen molar-refractivity contribution in [2.45, 2.75) is 39.3 Å². The van der Waals surface area contributed by atoms with E-state index in [9.17, 15) is 9.59 Å². The number of nitrogens with one attached hydrogen (secondary N) is 3. The highest BCUT2D eigenvalue weighted by Crippen LogP contribution is 2.23. The van der Waals surface area contributed by atoms with Gasteiger partial charge in [0, 0.05) is 23.3 Å². The molecule has 0 saturated carbocycles. The lowest BCUT2D eigenvalue weighted by Crippen LogP contribution is -2.52. The predicted octanol–water partition coefficient (Wildman–Crippen LogP) is 2.90. The number of esters is 1. The summed E-state index contributed by atoms with van der Waals surface area (Å²) in [6.07, 6.45) is 0.602. The first kappa shape index (κ1) is 19.3. The number of rotatable bonds is 7. The van der Waals surface area contributed by atoms with E-state index in [2.05, 4.69) is 16.0 Å². The molecule has 0 unspecified atom stereocenters. The molecule has 2 atom stereocenters. The van der Waals surface area contributed by atoms with E-state index in [1.165, 1.54) is 0 Å². The summed E-state index contributed by atoms with van der Waals surface area (Å²) in [5.74, 6) is -0.413. The van der Waals surface area contributed by atoms with E-state index in [0.29, 0.717) is 29.3 Å². The molecule has 1 aliphatic heterocycles. The Labute approximate surface area is 153 Å². The number of ether oxygens (including phenoxy) is 1. The highest BCUT2D eigenvalue weighted by molar-refractivity contribution is 6.31. The number of benzene rings is 1. The van der Waals surface area contributed by atoms with E-state index >= 15 is 0 Å². The summed E-state index contributed by atoms with van der Waals surface area (Å²) in [6, 6.07) is 6.84. The number of halogens is 1. The van der Waals surface area contributed by atoms with Crippen molar-refractivity contribution in [3.8, 4) is 0 Å². The number of amides is 2. The molecule has 0 spiro atoms. The molecule has 2 rings (SSSR count). The lowest BCUT2D eigenvalue weighted by Gasteiger charge is -2.29. The van der Waals surface area contributed by atoms with Gasteiger partial charge in [-0.05, 0) is 31.9 Å². The van der Waals surface area contributed by atoms with E-state index < -0.39 is 5.97 Å². The number of urea groups is 1. The maximum Gasteiger partial charge on any atom is 0.337 e. The third-order valence-electron chi connectivity index (χ3n) is 4.10. The van der Waals surface area contributed by atoms with Crippen molar-refractivity contribution in [3.63, 3.8) is 0 Å². The minimum atomic E-state index is -0.413. The van der Waals surface area contributed by atoms with Crippen LogP contribution in [0.25, 0.3) is 0 Å². The van der Waals surface area contributed by atoms with Gasteiger partial charge in [0.1, 0.15) is 0 Å². The van der Waals surface area contributed by atoms with Crippen LogP contribution in [0.1, 0.15) is 38.8 Å². The molecule has 1 aromatic carbocycles. The second-order valence-electron chi connectivity index (χ2n) is 5.80. The molecule has 0 saturated heterocycles. The van der Waals surface area contributed by atoms with Crippen molar-refractivity contribution >= 4 is 23.6 Å². The molecule has 2 amide bonds. The van der Waals surface area contributed by atoms with Gasteiger partial charge in [-0.15, -0.1) is 0 Å². The summed E-state index contributed by atoms with van der Waals surface area (Å²) in [7, 11) is 0. The standard InChI is InChI=1S/C18H24ClN3O3/c1-4-14-16(17(23)25-5-2)15(22-18(24)21-14)10-20-11(3)12-8-6-7-9-13(12)19/h6-9,11,14,20H,4-5,10H2,1-3H3,(H2,21,22,24)/t11-,14+/m1/s1. The van der Waals surface area contributed by atoms with Gasteiger partial charge in [0.25, 0.3) is 0 Å². The van der Waals surface area contributed by atoms with Gasteiger partial charge in [0.2, 0.25) is 0 Å². The van der Waals surface area contributed by atoms with Crippen molar-refractivity contribution in [2.75, 3.05) is 13.2 Å². The largest absolute Gasteiger partial charge is 0.463 e. The van der Waals surface area contributed by atoms with Gasteiger partial charge in [0.05, 0.1) is 18.2 Å². The van der Waals surface area contributed by atoms with Crippen molar-refractivity contribution in [3.05, 3.63) is 46.1 Å². The first-order valence-corrected chi connectivity index (χ1v) is 8.81. The predicted molar refractivity (Wildman–Crippen MR) is 97.3 cm³/mol. The van der Waals surface area contributed by atoms with E-state index in [1.54, 1.807) is 6.92 Å². The number of carbonyl (C=O) groups excluding carboxylic acids is 2.